The summed E-state index contributed by atoms with van der Waals surface area (Å²) in [5.74, 6) is 1.67. The Kier molecular flexibility index (Phi) is 2.77. The third-order valence-electron chi connectivity index (χ3n) is 1.91. The molecule has 2 heterocycles. The number of hydrogen-bond donors (Lipinski definition) is 1. The zero-order valence-electron chi connectivity index (χ0n) is 8.28. The minimum Gasteiger partial charge on any atom is -0.361 e. The van der Waals surface area contributed by atoms with Gasteiger partial charge in [0.2, 0.25) is 0 Å². The van der Waals surface area contributed by atoms with E-state index < -0.39 is 0 Å². The molecule has 76 valence electrons. The summed E-state index contributed by atoms with van der Waals surface area (Å²) < 4.78 is 4.98. The summed E-state index contributed by atoms with van der Waals surface area (Å²) in [5.41, 5.74) is 0.969. The van der Waals surface area contributed by atoms with Crippen molar-refractivity contribution < 1.29 is 4.52 Å². The van der Waals surface area contributed by atoms with Gasteiger partial charge in [-0.1, -0.05) is 16.9 Å². The quantitative estimate of drug-likeness (QED) is 0.806. The van der Waals surface area contributed by atoms with Crippen molar-refractivity contribution in [1.82, 2.24) is 10.5 Å². The molecule has 5 heteroatoms. The Morgan fingerprint density at radius 1 is 1.71 bits per heavy atom. The summed E-state index contributed by atoms with van der Waals surface area (Å²) >= 11 is 1.67. The second-order valence-electron chi connectivity index (χ2n) is 3.41. The molecule has 1 aliphatic heterocycles. The lowest BCUT2D eigenvalue weighted by molar-refractivity contribution is 0.393. The average molecular weight is 211 g/mol. The third-order valence-corrected chi connectivity index (χ3v) is 2.87. The first-order valence-corrected chi connectivity index (χ1v) is 5.58. The number of aryl methyl sites for hydroxylation is 1. The lowest BCUT2D eigenvalue weighted by Gasteiger charge is -2.03. The van der Waals surface area contributed by atoms with Crippen molar-refractivity contribution in [3.63, 3.8) is 0 Å². The number of hydrogen-bond acceptors (Lipinski definition) is 5. The van der Waals surface area contributed by atoms with Crippen molar-refractivity contribution >= 4 is 16.9 Å². The van der Waals surface area contributed by atoms with E-state index in [9.17, 15) is 0 Å². The van der Waals surface area contributed by atoms with E-state index in [-0.39, 0.29) is 0 Å². The Morgan fingerprint density at radius 3 is 3.14 bits per heavy atom. The van der Waals surface area contributed by atoms with Crippen LogP contribution < -0.4 is 5.32 Å². The fraction of sp³-hybridized carbons (Fsp3) is 0.556. The summed E-state index contributed by atoms with van der Waals surface area (Å²) in [5, 5.41) is 8.21. The van der Waals surface area contributed by atoms with Crippen molar-refractivity contribution in [3.05, 3.63) is 17.5 Å². The highest BCUT2D eigenvalue weighted by atomic mass is 32.2. The van der Waals surface area contributed by atoms with E-state index in [0.717, 1.165) is 28.9 Å². The van der Waals surface area contributed by atoms with Gasteiger partial charge in [0.15, 0.2) is 5.17 Å². The third kappa shape index (κ3) is 2.29. The topological polar surface area (TPSA) is 50.4 Å². The molecule has 0 spiro atoms. The summed E-state index contributed by atoms with van der Waals surface area (Å²) in [4.78, 5) is 4.35. The molecule has 0 saturated carbocycles. The van der Waals surface area contributed by atoms with Crippen LogP contribution in [0.1, 0.15) is 18.4 Å². The largest absolute Gasteiger partial charge is 0.361 e. The van der Waals surface area contributed by atoms with Crippen LogP contribution in [0.4, 0.5) is 0 Å². The SMILES string of the molecule is Cc1cc(CSC2=NCC(C)N2)no1. The minimum absolute atomic E-state index is 0.469. The first-order valence-electron chi connectivity index (χ1n) is 4.60. The maximum Gasteiger partial charge on any atom is 0.157 e. The normalized spacial score (nSPS) is 20.7. The number of amidine groups is 1. The predicted molar refractivity (Wildman–Crippen MR) is 57.4 cm³/mol. The maximum atomic E-state index is 4.98. The second-order valence-corrected chi connectivity index (χ2v) is 4.37. The van der Waals surface area contributed by atoms with Gasteiger partial charge in [0, 0.05) is 17.9 Å². The van der Waals surface area contributed by atoms with Gasteiger partial charge in [-0.05, 0) is 13.8 Å². The van der Waals surface area contributed by atoms with Gasteiger partial charge in [0.05, 0.1) is 12.2 Å². The van der Waals surface area contributed by atoms with Gasteiger partial charge in [-0.2, -0.15) is 0 Å². The van der Waals surface area contributed by atoms with Gasteiger partial charge in [0.25, 0.3) is 0 Å². The van der Waals surface area contributed by atoms with E-state index in [1.807, 2.05) is 13.0 Å². The van der Waals surface area contributed by atoms with Crippen LogP contribution in [0.15, 0.2) is 15.6 Å². The molecule has 0 fully saturated rings. The number of aliphatic imine (C=N–C) groups is 1. The highest BCUT2D eigenvalue weighted by molar-refractivity contribution is 8.13. The zero-order chi connectivity index (χ0) is 9.97. The molecule has 1 unspecified atom stereocenters. The van der Waals surface area contributed by atoms with Gasteiger partial charge in [-0.15, -0.1) is 0 Å². The molecule has 1 aromatic rings. The van der Waals surface area contributed by atoms with Crippen LogP contribution in [0.2, 0.25) is 0 Å². The number of nitrogens with one attached hydrogen (secondary N) is 1. The number of aromatic nitrogens is 1. The number of nitrogens with zero attached hydrogens (tertiary/aromatic N) is 2. The molecule has 1 atom stereocenters. The Balaban J connectivity index is 1.83. The molecule has 1 aliphatic rings. The first-order chi connectivity index (χ1) is 6.74. The molecule has 14 heavy (non-hydrogen) atoms. The molecule has 0 bridgehead atoms. The van der Waals surface area contributed by atoms with E-state index in [0.29, 0.717) is 6.04 Å². The summed E-state index contributed by atoms with van der Waals surface area (Å²) in [6.07, 6.45) is 0. The van der Waals surface area contributed by atoms with Crippen molar-refractivity contribution in [2.45, 2.75) is 25.6 Å². The van der Waals surface area contributed by atoms with E-state index in [1.54, 1.807) is 11.8 Å². The fourth-order valence-electron chi connectivity index (χ4n) is 1.24. The van der Waals surface area contributed by atoms with Gasteiger partial charge in [0.1, 0.15) is 5.76 Å². The van der Waals surface area contributed by atoms with Gasteiger partial charge >= 0.3 is 0 Å². The Hall–Kier alpha value is -0.970. The molecule has 0 aliphatic carbocycles. The monoisotopic (exact) mass is 211 g/mol. The molecule has 0 saturated heterocycles. The molecule has 0 radical (unpaired) electrons. The standard InChI is InChI=1S/C9H13N3OS/c1-6-4-10-9(11-6)14-5-8-3-7(2)13-12-8/h3,6H,4-5H2,1-2H3,(H,10,11). The predicted octanol–water partition coefficient (Wildman–Crippen LogP) is 1.56. The lowest BCUT2D eigenvalue weighted by atomic mass is 10.4. The molecular formula is C9H13N3OS. The zero-order valence-corrected chi connectivity index (χ0v) is 9.10. The van der Waals surface area contributed by atoms with E-state index in [2.05, 4.69) is 22.4 Å². The second kappa shape index (κ2) is 4.04. The van der Waals surface area contributed by atoms with Crippen LogP contribution in [-0.4, -0.2) is 22.9 Å². The maximum absolute atomic E-state index is 4.98. The molecule has 1 N–H and O–H groups in total. The molecule has 2 rings (SSSR count). The van der Waals surface area contributed by atoms with Gasteiger partial charge in [-0.25, -0.2) is 0 Å². The van der Waals surface area contributed by atoms with Crippen LogP contribution in [0.5, 0.6) is 0 Å². The molecular weight excluding hydrogens is 198 g/mol. The average Bonchev–Trinajstić information content (AvgIpc) is 2.72. The highest BCUT2D eigenvalue weighted by Gasteiger charge is 2.13. The van der Waals surface area contributed by atoms with Crippen molar-refractivity contribution in [2.75, 3.05) is 6.54 Å². The lowest BCUT2D eigenvalue weighted by Crippen LogP contribution is -2.25. The Labute approximate surface area is 87.1 Å². The smallest absolute Gasteiger partial charge is 0.157 e. The van der Waals surface area contributed by atoms with Gasteiger partial charge in [-0.3, -0.25) is 4.99 Å². The molecule has 1 aromatic heterocycles. The van der Waals surface area contributed by atoms with E-state index in [4.69, 9.17) is 4.52 Å². The Bertz CT molecular complexity index is 348. The highest BCUT2D eigenvalue weighted by Crippen LogP contribution is 2.15. The van der Waals surface area contributed by atoms with Crippen molar-refractivity contribution in [2.24, 2.45) is 4.99 Å². The van der Waals surface area contributed by atoms with Crippen LogP contribution in [0.25, 0.3) is 0 Å². The summed E-state index contributed by atoms with van der Waals surface area (Å²) in [6.45, 7) is 4.89. The van der Waals surface area contributed by atoms with Crippen LogP contribution >= 0.6 is 11.8 Å². The number of thioether (sulfide) groups is 1. The first kappa shape index (κ1) is 9.58. The van der Waals surface area contributed by atoms with Crippen molar-refractivity contribution in [3.8, 4) is 0 Å². The minimum atomic E-state index is 0.469. The Morgan fingerprint density at radius 2 is 2.57 bits per heavy atom. The molecule has 0 amide bonds. The van der Waals surface area contributed by atoms with E-state index in [1.165, 1.54) is 0 Å². The fourth-order valence-corrected chi connectivity index (χ4v) is 2.11. The number of rotatable bonds is 2. The molecule has 4 nitrogen and oxygen atoms in total. The van der Waals surface area contributed by atoms with Crippen molar-refractivity contribution in [1.29, 1.82) is 0 Å². The summed E-state index contributed by atoms with van der Waals surface area (Å²) in [7, 11) is 0. The summed E-state index contributed by atoms with van der Waals surface area (Å²) in [6, 6.07) is 2.42. The van der Waals surface area contributed by atoms with E-state index >= 15 is 0 Å². The van der Waals surface area contributed by atoms with Crippen LogP contribution in [-0.2, 0) is 5.75 Å². The van der Waals surface area contributed by atoms with Crippen LogP contribution in [0, 0.1) is 6.92 Å². The van der Waals surface area contributed by atoms with Gasteiger partial charge < -0.3 is 9.84 Å². The van der Waals surface area contributed by atoms with Crippen LogP contribution in [0.3, 0.4) is 0 Å². The molecule has 0 aromatic carbocycles.